The van der Waals surface area contributed by atoms with Gasteiger partial charge in [-0.3, -0.25) is 0 Å². The number of hydrogen-bond acceptors (Lipinski definition) is 5. The van der Waals surface area contributed by atoms with E-state index in [-0.39, 0.29) is 16.7 Å². The zero-order valence-electron chi connectivity index (χ0n) is 11.6. The quantitative estimate of drug-likeness (QED) is 0.847. The number of allylic oxidation sites excluding steroid dienone is 2. The predicted molar refractivity (Wildman–Crippen MR) is 77.9 cm³/mol. The smallest absolute Gasteiger partial charge is 0.222 e. The van der Waals surface area contributed by atoms with E-state index in [9.17, 15) is 5.26 Å². The van der Waals surface area contributed by atoms with Crippen LogP contribution in [-0.2, 0) is 4.74 Å². The molecule has 2 rings (SSSR count). The highest BCUT2D eigenvalue weighted by Gasteiger charge is 2.31. The Morgan fingerprint density at radius 1 is 1.45 bits per heavy atom. The molecule has 0 spiro atoms. The number of rotatable bonds is 2. The fraction of sp³-hybridized carbons (Fsp3) is 0.357. The Hall–Kier alpha value is -1.90. The summed E-state index contributed by atoms with van der Waals surface area (Å²) in [7, 11) is 1.66. The van der Waals surface area contributed by atoms with Gasteiger partial charge in [-0.15, -0.1) is 0 Å². The highest BCUT2D eigenvalue weighted by Crippen LogP contribution is 2.37. The first kappa shape index (κ1) is 14.5. The third-order valence-electron chi connectivity index (χ3n) is 3.65. The highest BCUT2D eigenvalue weighted by molar-refractivity contribution is 6.30. The van der Waals surface area contributed by atoms with Crippen molar-refractivity contribution in [1.29, 1.82) is 5.26 Å². The average Bonchev–Trinajstić information content (AvgIpc) is 2.41. The largest absolute Gasteiger partial charge is 0.374 e. The molecule has 104 valence electrons. The molecule has 0 fully saturated rings. The molecule has 1 atom stereocenters. The first-order valence-electron chi connectivity index (χ1n) is 6.08. The topological polar surface area (TPSA) is 84.8 Å². The van der Waals surface area contributed by atoms with Gasteiger partial charge in [-0.2, -0.15) is 10.2 Å². The van der Waals surface area contributed by atoms with Crippen molar-refractivity contribution in [3.05, 3.63) is 34.1 Å². The fourth-order valence-electron chi connectivity index (χ4n) is 2.14. The molecule has 0 aromatic carbocycles. The maximum absolute atomic E-state index is 9.23. The summed E-state index contributed by atoms with van der Waals surface area (Å²) in [6.45, 7) is 3.99. The van der Waals surface area contributed by atoms with Crippen LogP contribution in [0.5, 0.6) is 0 Å². The lowest BCUT2D eigenvalue weighted by Gasteiger charge is -2.33. The number of ether oxygens (including phenoxy) is 1. The number of anilines is 1. The maximum atomic E-state index is 9.23. The summed E-state index contributed by atoms with van der Waals surface area (Å²) < 4.78 is 5.58. The molecule has 1 aromatic rings. The second kappa shape index (κ2) is 5.23. The van der Waals surface area contributed by atoms with Gasteiger partial charge in [-0.1, -0.05) is 23.8 Å². The van der Waals surface area contributed by atoms with Crippen LogP contribution in [0.4, 0.5) is 5.95 Å². The van der Waals surface area contributed by atoms with Crippen LogP contribution in [0.25, 0.3) is 5.57 Å². The summed E-state index contributed by atoms with van der Waals surface area (Å²) in [5, 5.41) is 9.30. The Morgan fingerprint density at radius 2 is 2.15 bits per heavy atom. The summed E-state index contributed by atoms with van der Waals surface area (Å²) in [6.07, 6.45) is 4.46. The van der Waals surface area contributed by atoms with Crippen LogP contribution in [0.3, 0.4) is 0 Å². The third kappa shape index (κ3) is 2.40. The second-order valence-electron chi connectivity index (χ2n) is 4.86. The van der Waals surface area contributed by atoms with E-state index in [1.807, 2.05) is 32.1 Å². The van der Waals surface area contributed by atoms with Gasteiger partial charge in [0.15, 0.2) is 5.15 Å². The number of nitriles is 1. The summed E-state index contributed by atoms with van der Waals surface area (Å²) in [5.74, 6) is 0.0512. The number of methoxy groups -OCH3 is 1. The van der Waals surface area contributed by atoms with E-state index in [0.29, 0.717) is 12.1 Å². The molecular formula is C14H15ClN4O. The van der Waals surface area contributed by atoms with Crippen molar-refractivity contribution in [2.24, 2.45) is 0 Å². The minimum absolute atomic E-state index is 0.0512. The molecule has 5 nitrogen and oxygen atoms in total. The zero-order valence-corrected chi connectivity index (χ0v) is 12.3. The maximum Gasteiger partial charge on any atom is 0.222 e. The van der Waals surface area contributed by atoms with Crippen molar-refractivity contribution in [2.75, 3.05) is 12.8 Å². The van der Waals surface area contributed by atoms with E-state index in [1.165, 1.54) is 0 Å². The first-order chi connectivity index (χ1) is 9.41. The second-order valence-corrected chi connectivity index (χ2v) is 5.22. The standard InChI is InChI=1S/C14H15ClN4O/c1-8-4-5-9(6-14(8,2)20-3)11-10(7-16)12(15)19-13(17)18-11/h4-5H,6H2,1-3H3,(H2,17,18,19)/t14-/m1/s1. The molecule has 2 N–H and O–H groups in total. The van der Waals surface area contributed by atoms with Gasteiger partial charge in [-0.25, -0.2) is 4.98 Å². The van der Waals surface area contributed by atoms with Crippen LogP contribution >= 0.6 is 11.6 Å². The van der Waals surface area contributed by atoms with Gasteiger partial charge >= 0.3 is 0 Å². The van der Waals surface area contributed by atoms with Gasteiger partial charge < -0.3 is 10.5 Å². The van der Waals surface area contributed by atoms with Crippen LogP contribution in [0.1, 0.15) is 31.5 Å². The molecule has 1 heterocycles. The Balaban J connectivity index is 2.57. The molecule has 0 unspecified atom stereocenters. The Labute approximate surface area is 122 Å². The van der Waals surface area contributed by atoms with Crippen molar-refractivity contribution in [1.82, 2.24) is 9.97 Å². The van der Waals surface area contributed by atoms with Crippen molar-refractivity contribution in [3.8, 4) is 6.07 Å². The van der Waals surface area contributed by atoms with Crippen LogP contribution < -0.4 is 5.73 Å². The van der Waals surface area contributed by atoms with E-state index < -0.39 is 5.60 Å². The monoisotopic (exact) mass is 290 g/mol. The summed E-state index contributed by atoms with van der Waals surface area (Å²) in [4.78, 5) is 7.97. The van der Waals surface area contributed by atoms with Gasteiger partial charge in [0, 0.05) is 13.5 Å². The van der Waals surface area contributed by atoms with Gasteiger partial charge in [0.25, 0.3) is 0 Å². The molecule has 1 aromatic heterocycles. The lowest BCUT2D eigenvalue weighted by molar-refractivity contribution is 0.0420. The first-order valence-corrected chi connectivity index (χ1v) is 6.45. The van der Waals surface area contributed by atoms with Crippen molar-refractivity contribution < 1.29 is 4.74 Å². The minimum Gasteiger partial charge on any atom is -0.374 e. The van der Waals surface area contributed by atoms with E-state index in [0.717, 1.165) is 11.1 Å². The number of nitrogens with zero attached hydrogens (tertiary/aromatic N) is 3. The van der Waals surface area contributed by atoms with Gasteiger partial charge in [0.1, 0.15) is 11.6 Å². The van der Waals surface area contributed by atoms with Crippen molar-refractivity contribution >= 4 is 23.1 Å². The molecule has 0 amide bonds. The van der Waals surface area contributed by atoms with Gasteiger partial charge in [0.05, 0.1) is 11.3 Å². The van der Waals surface area contributed by atoms with Crippen LogP contribution in [0, 0.1) is 11.3 Å². The van der Waals surface area contributed by atoms with E-state index in [1.54, 1.807) is 7.11 Å². The SMILES string of the molecule is CO[C@]1(C)CC(c2nc(N)nc(Cl)c2C#N)=CC=C1C. The molecular weight excluding hydrogens is 276 g/mol. The van der Waals surface area contributed by atoms with Gasteiger partial charge in [-0.05, 0) is 25.0 Å². The lowest BCUT2D eigenvalue weighted by Crippen LogP contribution is -2.31. The summed E-state index contributed by atoms with van der Waals surface area (Å²) in [6, 6.07) is 2.03. The minimum atomic E-state index is -0.428. The number of aromatic nitrogens is 2. The normalized spacial score (nSPS) is 21.9. The molecule has 20 heavy (non-hydrogen) atoms. The predicted octanol–water partition coefficient (Wildman–Crippen LogP) is 2.72. The average molecular weight is 291 g/mol. The molecule has 0 aliphatic heterocycles. The fourth-order valence-corrected chi connectivity index (χ4v) is 2.36. The molecule has 0 bridgehead atoms. The van der Waals surface area contributed by atoms with Crippen molar-refractivity contribution in [3.63, 3.8) is 0 Å². The summed E-state index contributed by atoms with van der Waals surface area (Å²) >= 11 is 5.96. The molecule has 1 aliphatic carbocycles. The van der Waals surface area contributed by atoms with Crippen LogP contribution in [-0.4, -0.2) is 22.7 Å². The van der Waals surface area contributed by atoms with E-state index in [4.69, 9.17) is 22.1 Å². The van der Waals surface area contributed by atoms with Crippen LogP contribution in [0.15, 0.2) is 17.7 Å². The molecule has 0 saturated carbocycles. The Kier molecular flexibility index (Phi) is 3.80. The van der Waals surface area contributed by atoms with Crippen LogP contribution in [0.2, 0.25) is 5.15 Å². The molecule has 0 saturated heterocycles. The van der Waals surface area contributed by atoms with E-state index >= 15 is 0 Å². The van der Waals surface area contributed by atoms with Gasteiger partial charge in [0.2, 0.25) is 5.95 Å². The molecule has 1 aliphatic rings. The molecule has 6 heteroatoms. The number of halogens is 1. The Bertz CT molecular complexity index is 660. The highest BCUT2D eigenvalue weighted by atomic mass is 35.5. The Morgan fingerprint density at radius 3 is 2.75 bits per heavy atom. The zero-order chi connectivity index (χ0) is 14.9. The number of nitrogens with two attached hydrogens (primary N) is 1. The third-order valence-corrected chi connectivity index (χ3v) is 3.92. The number of nitrogen functional groups attached to an aromatic ring is 1. The number of hydrogen-bond donors (Lipinski definition) is 1. The molecule has 0 radical (unpaired) electrons. The lowest BCUT2D eigenvalue weighted by atomic mass is 9.83. The van der Waals surface area contributed by atoms with E-state index in [2.05, 4.69) is 9.97 Å². The van der Waals surface area contributed by atoms with Crippen molar-refractivity contribution in [2.45, 2.75) is 25.9 Å². The summed E-state index contributed by atoms with van der Waals surface area (Å²) in [5.41, 5.74) is 7.86.